The number of aromatic nitrogens is 2. The Morgan fingerprint density at radius 2 is 1.42 bits per heavy atom. The first-order chi connectivity index (χ1) is 11.6. The van der Waals surface area contributed by atoms with Crippen molar-refractivity contribution in [3.05, 3.63) is 78.6 Å². The van der Waals surface area contributed by atoms with Crippen LogP contribution in [0, 0.1) is 0 Å². The van der Waals surface area contributed by atoms with Crippen molar-refractivity contribution in [2.75, 3.05) is 5.32 Å². The summed E-state index contributed by atoms with van der Waals surface area (Å²) in [6, 6.07) is 19.4. The van der Waals surface area contributed by atoms with E-state index in [9.17, 15) is 4.79 Å². The molecule has 1 N–H and O–H groups in total. The highest BCUT2D eigenvalue weighted by Crippen LogP contribution is 2.25. The second kappa shape index (κ2) is 6.62. The Balaban J connectivity index is 1.75. The molecule has 1 aromatic heterocycles. The molecule has 0 spiro atoms. The van der Waals surface area contributed by atoms with Crippen molar-refractivity contribution in [3.8, 4) is 11.4 Å². The van der Waals surface area contributed by atoms with Gasteiger partial charge < -0.3 is 5.32 Å². The SMILES string of the molecule is CC(C)(C(=O)Nc1cnc(-c2ccccc2)nc1)c1ccccc1. The van der Waals surface area contributed by atoms with Crippen LogP contribution in [0.4, 0.5) is 5.69 Å². The van der Waals surface area contributed by atoms with E-state index in [1.807, 2.05) is 74.5 Å². The third kappa shape index (κ3) is 3.33. The van der Waals surface area contributed by atoms with E-state index in [4.69, 9.17) is 0 Å². The molecular weight excluding hydrogens is 298 g/mol. The number of hydrogen-bond donors (Lipinski definition) is 1. The van der Waals surface area contributed by atoms with Crippen LogP contribution in [0.1, 0.15) is 19.4 Å². The highest BCUT2D eigenvalue weighted by molar-refractivity contribution is 5.98. The second-order valence-electron chi connectivity index (χ2n) is 6.11. The first kappa shape index (κ1) is 15.9. The number of carbonyl (C=O) groups is 1. The average Bonchev–Trinajstić information content (AvgIpc) is 2.64. The topological polar surface area (TPSA) is 54.9 Å². The fourth-order valence-corrected chi connectivity index (χ4v) is 2.40. The standard InChI is InChI=1S/C20H19N3O/c1-20(2,16-11-7-4-8-12-16)19(24)23-17-13-21-18(22-14-17)15-9-5-3-6-10-15/h3-14H,1-2H3,(H,23,24). The van der Waals surface area contributed by atoms with E-state index in [1.165, 1.54) is 0 Å². The quantitative estimate of drug-likeness (QED) is 0.789. The van der Waals surface area contributed by atoms with Crippen LogP contribution < -0.4 is 5.32 Å². The Morgan fingerprint density at radius 1 is 0.875 bits per heavy atom. The van der Waals surface area contributed by atoms with Gasteiger partial charge in [-0.15, -0.1) is 0 Å². The highest BCUT2D eigenvalue weighted by atomic mass is 16.2. The number of hydrogen-bond acceptors (Lipinski definition) is 3. The van der Waals surface area contributed by atoms with E-state index in [1.54, 1.807) is 12.4 Å². The number of anilines is 1. The average molecular weight is 317 g/mol. The van der Waals surface area contributed by atoms with Gasteiger partial charge in [-0.2, -0.15) is 0 Å². The zero-order valence-electron chi connectivity index (χ0n) is 13.7. The van der Waals surface area contributed by atoms with Crippen LogP contribution in [0.2, 0.25) is 0 Å². The summed E-state index contributed by atoms with van der Waals surface area (Å²) in [6.45, 7) is 3.80. The van der Waals surface area contributed by atoms with Crippen molar-refractivity contribution in [2.45, 2.75) is 19.3 Å². The maximum absolute atomic E-state index is 12.6. The molecule has 0 unspecified atom stereocenters. The minimum atomic E-state index is -0.640. The molecule has 0 saturated carbocycles. The zero-order chi connectivity index (χ0) is 17.0. The van der Waals surface area contributed by atoms with Gasteiger partial charge in [0, 0.05) is 5.56 Å². The van der Waals surface area contributed by atoms with Crippen LogP contribution >= 0.6 is 0 Å². The fourth-order valence-electron chi connectivity index (χ4n) is 2.40. The first-order valence-corrected chi connectivity index (χ1v) is 7.82. The van der Waals surface area contributed by atoms with Crippen LogP contribution in [0.3, 0.4) is 0 Å². The van der Waals surface area contributed by atoms with Gasteiger partial charge in [-0.3, -0.25) is 4.79 Å². The molecule has 2 aromatic carbocycles. The minimum Gasteiger partial charge on any atom is -0.323 e. The molecule has 0 saturated heterocycles. The molecule has 0 bridgehead atoms. The van der Waals surface area contributed by atoms with Gasteiger partial charge in [-0.1, -0.05) is 60.7 Å². The molecule has 24 heavy (non-hydrogen) atoms. The number of amides is 1. The fraction of sp³-hybridized carbons (Fsp3) is 0.150. The van der Waals surface area contributed by atoms with Crippen LogP contribution in [0.5, 0.6) is 0 Å². The van der Waals surface area contributed by atoms with Crippen LogP contribution in [0.25, 0.3) is 11.4 Å². The number of nitrogens with zero attached hydrogens (tertiary/aromatic N) is 2. The van der Waals surface area contributed by atoms with E-state index < -0.39 is 5.41 Å². The van der Waals surface area contributed by atoms with Gasteiger partial charge in [0.25, 0.3) is 0 Å². The summed E-state index contributed by atoms with van der Waals surface area (Å²) >= 11 is 0. The normalized spacial score (nSPS) is 11.1. The lowest BCUT2D eigenvalue weighted by Gasteiger charge is -2.24. The van der Waals surface area contributed by atoms with E-state index in [0.717, 1.165) is 11.1 Å². The van der Waals surface area contributed by atoms with E-state index in [0.29, 0.717) is 11.5 Å². The zero-order valence-corrected chi connectivity index (χ0v) is 13.7. The number of nitrogens with one attached hydrogen (secondary N) is 1. The van der Waals surface area contributed by atoms with Crippen LogP contribution in [-0.2, 0) is 10.2 Å². The van der Waals surface area contributed by atoms with Gasteiger partial charge in [-0.25, -0.2) is 9.97 Å². The second-order valence-corrected chi connectivity index (χ2v) is 6.11. The summed E-state index contributed by atoms with van der Waals surface area (Å²) in [7, 11) is 0. The third-order valence-corrected chi connectivity index (χ3v) is 4.00. The Morgan fingerprint density at radius 3 is 2.00 bits per heavy atom. The molecule has 0 radical (unpaired) electrons. The van der Waals surface area contributed by atoms with Crippen molar-refractivity contribution in [1.29, 1.82) is 0 Å². The summed E-state index contributed by atoms with van der Waals surface area (Å²) in [5, 5.41) is 2.90. The predicted octanol–water partition coefficient (Wildman–Crippen LogP) is 4.06. The predicted molar refractivity (Wildman–Crippen MR) is 95.6 cm³/mol. The van der Waals surface area contributed by atoms with Crippen molar-refractivity contribution in [1.82, 2.24) is 9.97 Å². The number of benzene rings is 2. The Labute approximate surface area is 141 Å². The monoisotopic (exact) mass is 317 g/mol. The maximum atomic E-state index is 12.6. The van der Waals surface area contributed by atoms with Gasteiger partial charge in [-0.05, 0) is 19.4 Å². The maximum Gasteiger partial charge on any atom is 0.234 e. The van der Waals surface area contributed by atoms with Crippen LogP contribution in [0.15, 0.2) is 73.1 Å². The van der Waals surface area contributed by atoms with Gasteiger partial charge in [0.1, 0.15) is 0 Å². The molecule has 0 fully saturated rings. The largest absolute Gasteiger partial charge is 0.323 e. The summed E-state index contributed by atoms with van der Waals surface area (Å²) in [5.41, 5.74) is 1.85. The Bertz CT molecular complexity index is 813. The van der Waals surface area contributed by atoms with E-state index >= 15 is 0 Å². The number of carbonyl (C=O) groups excluding carboxylic acids is 1. The lowest BCUT2D eigenvalue weighted by Crippen LogP contribution is -2.34. The lowest BCUT2D eigenvalue weighted by atomic mass is 9.84. The summed E-state index contributed by atoms with van der Waals surface area (Å²) in [4.78, 5) is 21.3. The summed E-state index contributed by atoms with van der Waals surface area (Å²) in [6.07, 6.45) is 3.27. The third-order valence-electron chi connectivity index (χ3n) is 4.00. The van der Waals surface area contributed by atoms with Crippen molar-refractivity contribution in [2.24, 2.45) is 0 Å². The molecule has 4 heteroatoms. The smallest absolute Gasteiger partial charge is 0.234 e. The van der Waals surface area contributed by atoms with Gasteiger partial charge in [0.15, 0.2) is 5.82 Å². The molecule has 1 amide bonds. The molecule has 0 atom stereocenters. The van der Waals surface area contributed by atoms with Crippen molar-refractivity contribution < 1.29 is 4.79 Å². The molecule has 1 heterocycles. The molecule has 3 aromatic rings. The van der Waals surface area contributed by atoms with Crippen molar-refractivity contribution >= 4 is 11.6 Å². The summed E-state index contributed by atoms with van der Waals surface area (Å²) in [5.74, 6) is 0.542. The number of rotatable bonds is 4. The molecule has 4 nitrogen and oxygen atoms in total. The van der Waals surface area contributed by atoms with Crippen LogP contribution in [-0.4, -0.2) is 15.9 Å². The Kier molecular flexibility index (Phi) is 4.38. The van der Waals surface area contributed by atoms with Crippen molar-refractivity contribution in [3.63, 3.8) is 0 Å². The van der Waals surface area contributed by atoms with Gasteiger partial charge in [0.2, 0.25) is 5.91 Å². The van der Waals surface area contributed by atoms with E-state index in [-0.39, 0.29) is 5.91 Å². The molecule has 3 rings (SSSR count). The highest BCUT2D eigenvalue weighted by Gasteiger charge is 2.29. The molecule has 0 aliphatic heterocycles. The lowest BCUT2D eigenvalue weighted by molar-refractivity contribution is -0.120. The molecular formula is C20H19N3O. The summed E-state index contributed by atoms with van der Waals surface area (Å²) < 4.78 is 0. The first-order valence-electron chi connectivity index (χ1n) is 7.82. The molecule has 0 aliphatic carbocycles. The molecule has 120 valence electrons. The minimum absolute atomic E-state index is 0.0928. The van der Waals surface area contributed by atoms with Gasteiger partial charge >= 0.3 is 0 Å². The van der Waals surface area contributed by atoms with Gasteiger partial charge in [0.05, 0.1) is 23.5 Å². The van der Waals surface area contributed by atoms with E-state index in [2.05, 4.69) is 15.3 Å². The Hall–Kier alpha value is -3.01. The molecule has 0 aliphatic rings.